The lowest BCUT2D eigenvalue weighted by Crippen LogP contribution is -2.39. The van der Waals surface area contributed by atoms with E-state index in [0.717, 1.165) is 31.6 Å². The predicted octanol–water partition coefficient (Wildman–Crippen LogP) is 3.76. The standard InChI is InChI=1S/C18H20F2N2O2S/c19-18(20)25(23,24)17-9-5-4-8-16(17)21-14-10-12-22(13-11-14)15-6-2-1-3-7-15/h1-9,14,18,21H,10-13H2. The van der Waals surface area contributed by atoms with E-state index in [1.165, 1.54) is 12.1 Å². The minimum absolute atomic E-state index is 0.0500. The maximum atomic E-state index is 12.9. The van der Waals surface area contributed by atoms with Crippen LogP contribution in [0.1, 0.15) is 12.8 Å². The molecule has 2 aromatic rings. The number of anilines is 2. The molecule has 0 aliphatic carbocycles. The lowest BCUT2D eigenvalue weighted by molar-refractivity contribution is 0.235. The van der Waals surface area contributed by atoms with Gasteiger partial charge in [0.15, 0.2) is 0 Å². The summed E-state index contributed by atoms with van der Waals surface area (Å²) in [5.74, 6) is -3.42. The van der Waals surface area contributed by atoms with Crippen LogP contribution in [-0.4, -0.2) is 33.3 Å². The second-order valence-electron chi connectivity index (χ2n) is 6.04. The van der Waals surface area contributed by atoms with Gasteiger partial charge in [0.2, 0.25) is 9.84 Å². The highest BCUT2D eigenvalue weighted by Crippen LogP contribution is 2.28. The normalized spacial score (nSPS) is 16.2. The minimum atomic E-state index is -4.62. The second-order valence-corrected chi connectivity index (χ2v) is 7.93. The van der Waals surface area contributed by atoms with Gasteiger partial charge >= 0.3 is 5.76 Å². The molecule has 134 valence electrons. The van der Waals surface area contributed by atoms with E-state index in [1.807, 2.05) is 18.2 Å². The molecule has 0 bridgehead atoms. The molecule has 1 heterocycles. The van der Waals surface area contributed by atoms with Crippen LogP contribution < -0.4 is 10.2 Å². The van der Waals surface area contributed by atoms with Gasteiger partial charge in [-0.05, 0) is 37.1 Å². The molecule has 1 saturated heterocycles. The largest absolute Gasteiger partial charge is 0.381 e. The van der Waals surface area contributed by atoms with Crippen LogP contribution in [0.5, 0.6) is 0 Å². The monoisotopic (exact) mass is 366 g/mol. The van der Waals surface area contributed by atoms with Gasteiger partial charge in [0.25, 0.3) is 0 Å². The molecule has 4 nitrogen and oxygen atoms in total. The number of hydrogen-bond acceptors (Lipinski definition) is 4. The summed E-state index contributed by atoms with van der Waals surface area (Å²) in [5, 5.41) is 3.14. The van der Waals surface area contributed by atoms with Gasteiger partial charge in [-0.15, -0.1) is 0 Å². The lowest BCUT2D eigenvalue weighted by Gasteiger charge is -2.34. The molecule has 25 heavy (non-hydrogen) atoms. The first-order valence-electron chi connectivity index (χ1n) is 8.16. The van der Waals surface area contributed by atoms with Gasteiger partial charge in [0.1, 0.15) is 0 Å². The highest BCUT2D eigenvalue weighted by atomic mass is 32.2. The molecule has 1 aliphatic heterocycles. The Hall–Kier alpha value is -2.15. The van der Waals surface area contributed by atoms with E-state index in [0.29, 0.717) is 0 Å². The van der Waals surface area contributed by atoms with Crippen LogP contribution in [0.2, 0.25) is 0 Å². The summed E-state index contributed by atoms with van der Waals surface area (Å²) < 4.78 is 49.4. The van der Waals surface area contributed by atoms with E-state index in [2.05, 4.69) is 22.3 Å². The molecule has 1 N–H and O–H groups in total. The molecule has 3 rings (SSSR count). The zero-order valence-corrected chi connectivity index (χ0v) is 14.4. The summed E-state index contributed by atoms with van der Waals surface area (Å²) in [6, 6.07) is 16.0. The Morgan fingerprint density at radius 1 is 0.960 bits per heavy atom. The fraction of sp³-hybridized carbons (Fsp3) is 0.333. The van der Waals surface area contributed by atoms with Crippen LogP contribution in [0.25, 0.3) is 0 Å². The van der Waals surface area contributed by atoms with Gasteiger partial charge in [0.05, 0.1) is 10.6 Å². The second kappa shape index (κ2) is 7.39. The number of piperidine rings is 1. The van der Waals surface area contributed by atoms with Crippen molar-refractivity contribution in [2.45, 2.75) is 29.5 Å². The summed E-state index contributed by atoms with van der Waals surface area (Å²) in [6.07, 6.45) is 1.61. The first-order valence-corrected chi connectivity index (χ1v) is 9.71. The summed E-state index contributed by atoms with van der Waals surface area (Å²) in [7, 11) is -4.62. The summed E-state index contributed by atoms with van der Waals surface area (Å²) >= 11 is 0. The third-order valence-corrected chi connectivity index (χ3v) is 5.84. The smallest absolute Gasteiger partial charge is 0.341 e. The van der Waals surface area contributed by atoms with Crippen molar-refractivity contribution in [2.24, 2.45) is 0 Å². The summed E-state index contributed by atoms with van der Waals surface area (Å²) in [6.45, 7) is 1.65. The van der Waals surface area contributed by atoms with Crippen molar-refractivity contribution >= 4 is 21.2 Å². The topological polar surface area (TPSA) is 49.4 Å². The Balaban J connectivity index is 1.69. The Bertz CT molecular complexity index is 805. The molecule has 0 atom stereocenters. The van der Waals surface area contributed by atoms with Crippen molar-refractivity contribution in [3.8, 4) is 0 Å². The average molecular weight is 366 g/mol. The average Bonchev–Trinajstić information content (AvgIpc) is 2.63. The van der Waals surface area contributed by atoms with E-state index < -0.39 is 15.6 Å². The lowest BCUT2D eigenvalue weighted by atomic mass is 10.0. The number of benzene rings is 2. The van der Waals surface area contributed by atoms with Crippen LogP contribution >= 0.6 is 0 Å². The van der Waals surface area contributed by atoms with Gasteiger partial charge in [-0.3, -0.25) is 0 Å². The van der Waals surface area contributed by atoms with Gasteiger partial charge in [0, 0.05) is 24.8 Å². The Labute approximate surface area is 146 Å². The van der Waals surface area contributed by atoms with Crippen LogP contribution in [-0.2, 0) is 9.84 Å². The first-order chi connectivity index (χ1) is 12.0. The van der Waals surface area contributed by atoms with Gasteiger partial charge in [-0.1, -0.05) is 30.3 Å². The highest BCUT2D eigenvalue weighted by molar-refractivity contribution is 7.91. The Morgan fingerprint density at radius 3 is 2.20 bits per heavy atom. The molecule has 0 spiro atoms. The predicted molar refractivity (Wildman–Crippen MR) is 94.9 cm³/mol. The number of nitrogens with one attached hydrogen (secondary N) is 1. The molecule has 7 heteroatoms. The number of sulfone groups is 1. The van der Waals surface area contributed by atoms with Crippen molar-refractivity contribution in [1.29, 1.82) is 0 Å². The van der Waals surface area contributed by atoms with Crippen LogP contribution in [0.15, 0.2) is 59.5 Å². The third kappa shape index (κ3) is 3.92. The number of nitrogens with zero attached hydrogens (tertiary/aromatic N) is 1. The molecule has 1 fully saturated rings. The van der Waals surface area contributed by atoms with Crippen LogP contribution in [0.3, 0.4) is 0 Å². The molecule has 2 aromatic carbocycles. The fourth-order valence-corrected chi connectivity index (χ4v) is 3.96. The quantitative estimate of drug-likeness (QED) is 0.875. The van der Waals surface area contributed by atoms with Crippen LogP contribution in [0, 0.1) is 0 Å². The molecule has 0 aromatic heterocycles. The Morgan fingerprint density at radius 2 is 1.56 bits per heavy atom. The zero-order valence-electron chi connectivity index (χ0n) is 13.6. The molecule has 0 saturated carbocycles. The van der Waals surface area contributed by atoms with Crippen LogP contribution in [0.4, 0.5) is 20.2 Å². The SMILES string of the molecule is O=S(=O)(c1ccccc1NC1CCN(c2ccccc2)CC1)C(F)F. The van der Waals surface area contributed by atoms with Crippen molar-refractivity contribution in [3.05, 3.63) is 54.6 Å². The molecular formula is C18H20F2N2O2S. The number of halogens is 2. The zero-order chi connectivity index (χ0) is 17.9. The maximum Gasteiger partial charge on any atom is 0.341 e. The minimum Gasteiger partial charge on any atom is -0.381 e. The summed E-state index contributed by atoms with van der Waals surface area (Å²) in [5.41, 5.74) is 1.41. The number of hydrogen-bond donors (Lipinski definition) is 1. The van der Waals surface area contributed by atoms with Gasteiger partial charge in [-0.2, -0.15) is 8.78 Å². The first kappa shape index (κ1) is 17.7. The molecule has 0 radical (unpaired) electrons. The van der Waals surface area contributed by atoms with Gasteiger partial charge in [-0.25, -0.2) is 8.42 Å². The van der Waals surface area contributed by atoms with Crippen molar-refractivity contribution < 1.29 is 17.2 Å². The number of alkyl halides is 2. The highest BCUT2D eigenvalue weighted by Gasteiger charge is 2.30. The molecule has 1 aliphatic rings. The van der Waals surface area contributed by atoms with Crippen molar-refractivity contribution in [1.82, 2.24) is 0 Å². The van der Waals surface area contributed by atoms with E-state index in [4.69, 9.17) is 0 Å². The number of para-hydroxylation sites is 2. The van der Waals surface area contributed by atoms with Gasteiger partial charge < -0.3 is 10.2 Å². The molecule has 0 amide bonds. The molecular weight excluding hydrogens is 346 g/mol. The summed E-state index contributed by atoms with van der Waals surface area (Å²) in [4.78, 5) is 1.93. The number of rotatable bonds is 5. The van der Waals surface area contributed by atoms with E-state index in [1.54, 1.807) is 12.1 Å². The fourth-order valence-electron chi connectivity index (χ4n) is 3.07. The van der Waals surface area contributed by atoms with E-state index in [9.17, 15) is 17.2 Å². The maximum absolute atomic E-state index is 12.9. The van der Waals surface area contributed by atoms with E-state index >= 15 is 0 Å². The Kier molecular flexibility index (Phi) is 5.22. The van der Waals surface area contributed by atoms with Crippen molar-refractivity contribution in [2.75, 3.05) is 23.3 Å². The van der Waals surface area contributed by atoms with E-state index in [-0.39, 0.29) is 16.6 Å². The third-order valence-electron chi connectivity index (χ3n) is 4.40. The van der Waals surface area contributed by atoms with Crippen molar-refractivity contribution in [3.63, 3.8) is 0 Å². The molecule has 0 unspecified atom stereocenters.